The van der Waals surface area contributed by atoms with E-state index in [1.165, 1.54) is 24.9 Å². The van der Waals surface area contributed by atoms with Crippen LogP contribution in [0.5, 0.6) is 0 Å². The smallest absolute Gasteiger partial charge is 0.337 e. The van der Waals surface area contributed by atoms with Gasteiger partial charge in [0.2, 0.25) is 5.91 Å². The molecule has 2 N–H and O–H groups in total. The molecule has 0 aromatic carbocycles. The van der Waals surface area contributed by atoms with Gasteiger partial charge >= 0.3 is 5.97 Å². The Morgan fingerprint density at radius 3 is 2.91 bits per heavy atom. The van der Waals surface area contributed by atoms with E-state index in [-0.39, 0.29) is 23.7 Å². The topological polar surface area (TPSA) is 88.0 Å². The minimum absolute atomic E-state index is 0.116. The van der Waals surface area contributed by atoms with Crippen molar-refractivity contribution in [1.82, 2.24) is 5.32 Å². The van der Waals surface area contributed by atoms with E-state index >= 15 is 0 Å². The predicted octanol–water partition coefficient (Wildman–Crippen LogP) is 2.38. The number of hydrogen-bond acceptors (Lipinski definition) is 6. The summed E-state index contributed by atoms with van der Waals surface area (Å²) in [4.78, 5) is 23.6. The third-order valence-corrected chi connectivity index (χ3v) is 5.49. The van der Waals surface area contributed by atoms with Crippen LogP contribution in [0.4, 0.5) is 0 Å². The van der Waals surface area contributed by atoms with Gasteiger partial charge in [0, 0.05) is 17.9 Å². The number of oxime groups is 1. The van der Waals surface area contributed by atoms with E-state index in [9.17, 15) is 9.59 Å². The molecule has 22 heavy (non-hydrogen) atoms. The molecule has 0 aromatic heterocycles. The van der Waals surface area contributed by atoms with E-state index in [0.717, 1.165) is 5.57 Å². The lowest BCUT2D eigenvalue weighted by Crippen LogP contribution is -2.26. The maximum atomic E-state index is 12.2. The number of ether oxygens (including phenoxy) is 1. The van der Waals surface area contributed by atoms with Crippen LogP contribution in [0.15, 0.2) is 26.4 Å². The zero-order valence-electron chi connectivity index (χ0n) is 12.3. The molecule has 0 spiro atoms. The lowest BCUT2D eigenvalue weighted by molar-refractivity contribution is -0.139. The molecule has 2 rings (SSSR count). The lowest BCUT2D eigenvalue weighted by atomic mass is 9.84. The highest BCUT2D eigenvalue weighted by Gasteiger charge is 2.44. The normalized spacial score (nSPS) is 24.7. The first kappa shape index (κ1) is 16.9. The van der Waals surface area contributed by atoms with E-state index in [4.69, 9.17) is 21.5 Å². The zero-order chi connectivity index (χ0) is 16.3. The Morgan fingerprint density at radius 2 is 2.32 bits per heavy atom. The molecule has 1 amide bonds. The molecule has 1 aliphatic carbocycles. The van der Waals surface area contributed by atoms with Crippen molar-refractivity contribution in [3.05, 3.63) is 21.2 Å². The third-order valence-electron chi connectivity index (χ3n) is 3.51. The van der Waals surface area contributed by atoms with Crippen molar-refractivity contribution in [3.8, 4) is 0 Å². The SMILES string of the molecule is CCOC(=O)C1=C(NC(C)=O)SC2C(Cl)=C(C=NO)CCC12. The number of hydrogen-bond donors (Lipinski definition) is 2. The molecular formula is C14H17ClN2O4S. The molecule has 1 aliphatic heterocycles. The number of esters is 1. The van der Waals surface area contributed by atoms with Crippen molar-refractivity contribution in [3.63, 3.8) is 0 Å². The summed E-state index contributed by atoms with van der Waals surface area (Å²) in [5.74, 6) is -0.788. The maximum Gasteiger partial charge on any atom is 0.337 e. The number of nitrogens with zero attached hydrogens (tertiary/aromatic N) is 1. The molecule has 0 radical (unpaired) electrons. The summed E-state index contributed by atoms with van der Waals surface area (Å²) in [5, 5.41) is 15.3. The Hall–Kier alpha value is -1.47. The van der Waals surface area contributed by atoms with E-state index in [1.54, 1.807) is 6.92 Å². The van der Waals surface area contributed by atoms with Gasteiger partial charge < -0.3 is 15.3 Å². The van der Waals surface area contributed by atoms with Gasteiger partial charge in [-0.05, 0) is 25.3 Å². The van der Waals surface area contributed by atoms with Gasteiger partial charge in [0.15, 0.2) is 0 Å². The molecule has 0 fully saturated rings. The molecule has 120 valence electrons. The van der Waals surface area contributed by atoms with Crippen molar-refractivity contribution in [2.24, 2.45) is 11.1 Å². The third kappa shape index (κ3) is 3.30. The Labute approximate surface area is 137 Å². The average molecular weight is 345 g/mol. The Balaban J connectivity index is 2.36. The first-order valence-electron chi connectivity index (χ1n) is 6.91. The molecule has 2 aliphatic rings. The van der Waals surface area contributed by atoms with Gasteiger partial charge in [0.05, 0.1) is 28.7 Å². The first-order chi connectivity index (χ1) is 10.5. The molecule has 8 heteroatoms. The van der Waals surface area contributed by atoms with E-state index < -0.39 is 5.97 Å². The van der Waals surface area contributed by atoms with Crippen LogP contribution in [-0.2, 0) is 14.3 Å². The molecule has 6 nitrogen and oxygen atoms in total. The van der Waals surface area contributed by atoms with Crippen LogP contribution >= 0.6 is 23.4 Å². The fourth-order valence-corrected chi connectivity index (χ4v) is 4.57. The number of carbonyl (C=O) groups is 2. The number of rotatable bonds is 4. The van der Waals surface area contributed by atoms with Crippen molar-refractivity contribution in [2.45, 2.75) is 31.9 Å². The number of fused-ring (bicyclic) bond motifs is 1. The van der Waals surface area contributed by atoms with Crippen molar-refractivity contribution in [2.75, 3.05) is 6.61 Å². The first-order valence-corrected chi connectivity index (χ1v) is 8.16. The fourth-order valence-electron chi connectivity index (χ4n) is 2.64. The van der Waals surface area contributed by atoms with Gasteiger partial charge in [-0.2, -0.15) is 0 Å². The number of thioether (sulfide) groups is 1. The Morgan fingerprint density at radius 1 is 1.59 bits per heavy atom. The Bertz CT molecular complexity index is 585. The second-order valence-electron chi connectivity index (χ2n) is 4.95. The number of amides is 1. The van der Waals surface area contributed by atoms with Crippen LogP contribution in [0.25, 0.3) is 0 Å². The quantitative estimate of drug-likeness (QED) is 0.354. The van der Waals surface area contributed by atoms with Crippen LogP contribution in [0.3, 0.4) is 0 Å². The molecule has 2 unspecified atom stereocenters. The second-order valence-corrected chi connectivity index (χ2v) is 6.50. The molecular weight excluding hydrogens is 328 g/mol. The number of nitrogens with one attached hydrogen (secondary N) is 1. The zero-order valence-corrected chi connectivity index (χ0v) is 13.8. The summed E-state index contributed by atoms with van der Waals surface area (Å²) in [5.41, 5.74) is 1.22. The predicted molar refractivity (Wildman–Crippen MR) is 84.7 cm³/mol. The van der Waals surface area contributed by atoms with Gasteiger partial charge in [-0.25, -0.2) is 4.79 Å². The molecule has 0 saturated heterocycles. The Kier molecular flexibility index (Phi) is 5.52. The number of halogens is 1. The van der Waals surface area contributed by atoms with Crippen LogP contribution in [-0.4, -0.2) is 35.2 Å². The van der Waals surface area contributed by atoms with Crippen LogP contribution in [0.2, 0.25) is 0 Å². The van der Waals surface area contributed by atoms with Crippen LogP contribution in [0, 0.1) is 5.92 Å². The summed E-state index contributed by atoms with van der Waals surface area (Å²) in [6.07, 6.45) is 2.59. The number of carbonyl (C=O) groups excluding carboxylic acids is 2. The highest BCUT2D eigenvalue weighted by Crippen LogP contribution is 2.51. The monoisotopic (exact) mass is 344 g/mol. The standard InChI is InChI=1S/C14H17ClN2O4S/c1-3-21-14(19)10-9-5-4-8(6-16-20)11(15)12(9)22-13(10)17-7(2)18/h6,9,12,20H,3-5H2,1-2H3,(H,17,18). The lowest BCUT2D eigenvalue weighted by Gasteiger charge is -2.26. The average Bonchev–Trinajstić information content (AvgIpc) is 2.80. The largest absolute Gasteiger partial charge is 0.463 e. The van der Waals surface area contributed by atoms with E-state index in [1.807, 2.05) is 0 Å². The van der Waals surface area contributed by atoms with Crippen molar-refractivity contribution >= 4 is 41.5 Å². The minimum Gasteiger partial charge on any atom is -0.463 e. The molecule has 0 bridgehead atoms. The molecule has 1 heterocycles. The van der Waals surface area contributed by atoms with Crippen LogP contribution < -0.4 is 5.32 Å². The minimum atomic E-state index is -0.421. The van der Waals surface area contributed by atoms with Gasteiger partial charge in [-0.3, -0.25) is 4.79 Å². The van der Waals surface area contributed by atoms with Gasteiger partial charge in [-0.1, -0.05) is 28.5 Å². The number of allylic oxidation sites excluding steroid dienone is 1. The van der Waals surface area contributed by atoms with Gasteiger partial charge in [0.25, 0.3) is 0 Å². The van der Waals surface area contributed by atoms with Gasteiger partial charge in [-0.15, -0.1) is 0 Å². The van der Waals surface area contributed by atoms with E-state index in [0.29, 0.717) is 28.5 Å². The van der Waals surface area contributed by atoms with Gasteiger partial charge in [0.1, 0.15) is 0 Å². The molecule has 0 saturated carbocycles. The van der Waals surface area contributed by atoms with E-state index in [2.05, 4.69) is 10.5 Å². The summed E-state index contributed by atoms with van der Waals surface area (Å²) >= 11 is 7.71. The maximum absolute atomic E-state index is 12.2. The summed E-state index contributed by atoms with van der Waals surface area (Å²) < 4.78 is 5.11. The van der Waals surface area contributed by atoms with Crippen LogP contribution in [0.1, 0.15) is 26.7 Å². The second kappa shape index (κ2) is 7.19. The summed E-state index contributed by atoms with van der Waals surface area (Å²) in [6.45, 7) is 3.39. The summed E-state index contributed by atoms with van der Waals surface area (Å²) in [7, 11) is 0. The molecule has 0 aromatic rings. The highest BCUT2D eigenvalue weighted by molar-refractivity contribution is 8.04. The summed E-state index contributed by atoms with van der Waals surface area (Å²) in [6, 6.07) is 0. The highest BCUT2D eigenvalue weighted by atomic mass is 35.5. The van der Waals surface area contributed by atoms with Crippen molar-refractivity contribution in [1.29, 1.82) is 0 Å². The molecule has 2 atom stereocenters. The fraction of sp³-hybridized carbons (Fsp3) is 0.500. The van der Waals surface area contributed by atoms with Crippen molar-refractivity contribution < 1.29 is 19.5 Å².